The van der Waals surface area contributed by atoms with Crippen LogP contribution in [0, 0.1) is 18.8 Å². The Labute approximate surface area is 131 Å². The summed E-state index contributed by atoms with van der Waals surface area (Å²) in [4.78, 5) is 23.3. The maximum Gasteiger partial charge on any atom is 0.308 e. The van der Waals surface area contributed by atoms with Crippen LogP contribution in [-0.4, -0.2) is 23.5 Å². The second-order valence-corrected chi connectivity index (χ2v) is 6.00. The number of carbonyl (C=O) groups is 2. The van der Waals surface area contributed by atoms with Crippen molar-refractivity contribution >= 4 is 11.9 Å². The topological polar surface area (TPSA) is 66.4 Å². The lowest BCUT2D eigenvalue weighted by atomic mass is 9.98. The minimum Gasteiger partial charge on any atom is -0.481 e. The third-order valence-corrected chi connectivity index (χ3v) is 4.02. The van der Waals surface area contributed by atoms with Crippen molar-refractivity contribution in [3.63, 3.8) is 0 Å². The number of allylic oxidation sites excluding steroid dienone is 2. The minimum atomic E-state index is -0.873. The first-order valence-electron chi connectivity index (χ1n) is 7.76. The normalized spacial score (nSPS) is 18.1. The Morgan fingerprint density at radius 2 is 2.23 bits per heavy atom. The number of nitrogens with one attached hydrogen (secondary N) is 1. The first-order chi connectivity index (χ1) is 10.5. The van der Waals surface area contributed by atoms with Crippen LogP contribution in [0.4, 0.5) is 0 Å². The van der Waals surface area contributed by atoms with Crippen molar-refractivity contribution in [1.29, 1.82) is 0 Å². The van der Waals surface area contributed by atoms with Gasteiger partial charge >= 0.3 is 5.97 Å². The Bertz CT molecular complexity index is 565. The molecule has 1 aromatic rings. The van der Waals surface area contributed by atoms with Crippen molar-refractivity contribution in [3.05, 3.63) is 47.5 Å². The van der Waals surface area contributed by atoms with Crippen LogP contribution < -0.4 is 5.32 Å². The van der Waals surface area contributed by atoms with Crippen molar-refractivity contribution in [2.45, 2.75) is 32.6 Å². The summed E-state index contributed by atoms with van der Waals surface area (Å²) in [5, 5.41) is 12.1. The van der Waals surface area contributed by atoms with E-state index in [9.17, 15) is 14.7 Å². The second kappa shape index (κ2) is 7.78. The molecule has 0 aliphatic heterocycles. The molecule has 0 spiro atoms. The maximum atomic E-state index is 11.9. The molecule has 0 fully saturated rings. The van der Waals surface area contributed by atoms with Crippen molar-refractivity contribution in [1.82, 2.24) is 5.32 Å². The molecule has 0 aromatic heterocycles. The standard InChI is InChI=1S/C18H23NO3/c1-13-5-4-8-15(9-13)10-16(18(21)22)12-19-17(20)11-14-6-2-3-7-14/h2,4-6,8-9,14,16H,3,7,10-12H2,1H3,(H,19,20)(H,21,22)/t14-,16+/m0/s1. The van der Waals surface area contributed by atoms with E-state index in [2.05, 4.69) is 17.5 Å². The van der Waals surface area contributed by atoms with E-state index in [4.69, 9.17) is 0 Å². The molecule has 0 saturated carbocycles. The summed E-state index contributed by atoms with van der Waals surface area (Å²) < 4.78 is 0. The highest BCUT2D eigenvalue weighted by Gasteiger charge is 2.20. The zero-order valence-corrected chi connectivity index (χ0v) is 12.9. The third kappa shape index (κ3) is 5.02. The van der Waals surface area contributed by atoms with Gasteiger partial charge in [-0.1, -0.05) is 42.0 Å². The van der Waals surface area contributed by atoms with E-state index in [1.165, 1.54) is 0 Å². The molecular formula is C18H23NO3. The molecule has 0 unspecified atom stereocenters. The molecular weight excluding hydrogens is 278 g/mol. The molecule has 0 bridgehead atoms. The van der Waals surface area contributed by atoms with Crippen molar-refractivity contribution in [3.8, 4) is 0 Å². The number of aliphatic carboxylic acids is 1. The van der Waals surface area contributed by atoms with Crippen LogP contribution in [-0.2, 0) is 16.0 Å². The zero-order chi connectivity index (χ0) is 15.9. The summed E-state index contributed by atoms with van der Waals surface area (Å²) >= 11 is 0. The quantitative estimate of drug-likeness (QED) is 0.761. The van der Waals surface area contributed by atoms with Crippen molar-refractivity contribution < 1.29 is 14.7 Å². The number of rotatable bonds is 7. The molecule has 1 aliphatic rings. The molecule has 118 valence electrons. The summed E-state index contributed by atoms with van der Waals surface area (Å²) in [7, 11) is 0. The second-order valence-electron chi connectivity index (χ2n) is 6.00. The number of carboxylic acids is 1. The lowest BCUT2D eigenvalue weighted by molar-refractivity contribution is -0.141. The van der Waals surface area contributed by atoms with E-state index in [1.807, 2.05) is 31.2 Å². The molecule has 2 N–H and O–H groups in total. The number of aryl methyl sites for hydroxylation is 1. The van der Waals surface area contributed by atoms with Crippen LogP contribution in [0.3, 0.4) is 0 Å². The summed E-state index contributed by atoms with van der Waals surface area (Å²) in [6.07, 6.45) is 7.09. The van der Waals surface area contributed by atoms with Gasteiger partial charge in [-0.15, -0.1) is 0 Å². The maximum absolute atomic E-state index is 11.9. The Hall–Kier alpha value is -2.10. The van der Waals surface area contributed by atoms with Gasteiger partial charge in [0, 0.05) is 13.0 Å². The molecule has 4 heteroatoms. The Kier molecular flexibility index (Phi) is 5.75. The highest BCUT2D eigenvalue weighted by atomic mass is 16.4. The predicted octanol–water partition coefficient (Wildman–Crippen LogP) is 2.71. The first-order valence-corrected chi connectivity index (χ1v) is 7.76. The van der Waals surface area contributed by atoms with E-state index >= 15 is 0 Å². The lowest BCUT2D eigenvalue weighted by Gasteiger charge is -2.15. The summed E-state index contributed by atoms with van der Waals surface area (Å²) in [5.74, 6) is -1.22. The Morgan fingerprint density at radius 1 is 1.41 bits per heavy atom. The fourth-order valence-electron chi connectivity index (χ4n) is 2.78. The van der Waals surface area contributed by atoms with Gasteiger partial charge in [-0.05, 0) is 37.7 Å². The number of hydrogen-bond acceptors (Lipinski definition) is 2. The van der Waals surface area contributed by atoms with Gasteiger partial charge in [0.25, 0.3) is 0 Å². The van der Waals surface area contributed by atoms with Crippen molar-refractivity contribution in [2.24, 2.45) is 11.8 Å². The van der Waals surface area contributed by atoms with E-state index in [0.717, 1.165) is 24.0 Å². The highest BCUT2D eigenvalue weighted by molar-refractivity contribution is 5.78. The molecule has 0 heterocycles. The fraction of sp³-hybridized carbons (Fsp3) is 0.444. The van der Waals surface area contributed by atoms with Crippen LogP contribution in [0.25, 0.3) is 0 Å². The molecule has 1 aromatic carbocycles. The summed E-state index contributed by atoms with van der Waals surface area (Å²) in [5.41, 5.74) is 2.10. The Balaban J connectivity index is 1.84. The largest absolute Gasteiger partial charge is 0.481 e. The molecule has 4 nitrogen and oxygen atoms in total. The van der Waals surface area contributed by atoms with Gasteiger partial charge in [-0.3, -0.25) is 9.59 Å². The summed E-state index contributed by atoms with van der Waals surface area (Å²) in [6, 6.07) is 7.82. The highest BCUT2D eigenvalue weighted by Crippen LogP contribution is 2.20. The van der Waals surface area contributed by atoms with Gasteiger partial charge in [0.2, 0.25) is 5.91 Å². The van der Waals surface area contributed by atoms with E-state index in [0.29, 0.717) is 18.8 Å². The molecule has 2 atom stereocenters. The number of carboxylic acid groups (broad SMARTS) is 1. The monoisotopic (exact) mass is 301 g/mol. The molecule has 22 heavy (non-hydrogen) atoms. The van der Waals surface area contributed by atoms with E-state index in [1.54, 1.807) is 0 Å². The van der Waals surface area contributed by atoms with Gasteiger partial charge < -0.3 is 10.4 Å². The van der Waals surface area contributed by atoms with Crippen molar-refractivity contribution in [2.75, 3.05) is 6.54 Å². The van der Waals surface area contributed by atoms with Gasteiger partial charge in [-0.25, -0.2) is 0 Å². The molecule has 1 aliphatic carbocycles. The fourth-order valence-corrected chi connectivity index (χ4v) is 2.78. The van der Waals surface area contributed by atoms with Crippen LogP contribution in [0.15, 0.2) is 36.4 Å². The molecule has 1 amide bonds. The predicted molar refractivity (Wildman–Crippen MR) is 85.5 cm³/mol. The third-order valence-electron chi connectivity index (χ3n) is 4.02. The number of amides is 1. The first kappa shape index (κ1) is 16.3. The van der Waals surface area contributed by atoms with Gasteiger partial charge in [0.15, 0.2) is 0 Å². The molecule has 0 radical (unpaired) electrons. The van der Waals surface area contributed by atoms with Crippen LogP contribution in [0.5, 0.6) is 0 Å². The molecule has 0 saturated heterocycles. The number of carbonyl (C=O) groups excluding carboxylic acids is 1. The van der Waals surface area contributed by atoms with Crippen LogP contribution in [0.1, 0.15) is 30.4 Å². The SMILES string of the molecule is Cc1cccc(C[C@H](CNC(=O)C[C@H]2C=CCC2)C(=O)O)c1. The zero-order valence-electron chi connectivity index (χ0n) is 12.9. The minimum absolute atomic E-state index is 0.0629. The molecule has 2 rings (SSSR count). The smallest absolute Gasteiger partial charge is 0.308 e. The van der Waals surface area contributed by atoms with Gasteiger partial charge in [0.1, 0.15) is 0 Å². The summed E-state index contributed by atoms with van der Waals surface area (Å²) in [6.45, 7) is 2.16. The average Bonchev–Trinajstić information content (AvgIpc) is 2.96. The van der Waals surface area contributed by atoms with Gasteiger partial charge in [-0.2, -0.15) is 0 Å². The van der Waals surface area contributed by atoms with Crippen LogP contribution >= 0.6 is 0 Å². The Morgan fingerprint density at radius 3 is 2.86 bits per heavy atom. The number of hydrogen-bond donors (Lipinski definition) is 2. The number of benzene rings is 1. The van der Waals surface area contributed by atoms with E-state index in [-0.39, 0.29) is 12.5 Å². The van der Waals surface area contributed by atoms with Crippen LogP contribution in [0.2, 0.25) is 0 Å². The average molecular weight is 301 g/mol. The lowest BCUT2D eigenvalue weighted by Crippen LogP contribution is -2.34. The van der Waals surface area contributed by atoms with E-state index < -0.39 is 11.9 Å². The van der Waals surface area contributed by atoms with Gasteiger partial charge in [0.05, 0.1) is 5.92 Å².